The summed E-state index contributed by atoms with van der Waals surface area (Å²) in [4.78, 5) is 29.2. The first kappa shape index (κ1) is 24.0. The van der Waals surface area contributed by atoms with Crippen LogP contribution in [0.15, 0.2) is 144 Å². The molecule has 0 N–H and O–H groups in total. The molecule has 0 aliphatic rings. The molecule has 0 fully saturated rings. The molecule has 0 radical (unpaired) electrons. The molecule has 198 valence electrons. The van der Waals surface area contributed by atoms with E-state index in [1.807, 2.05) is 132 Å². The Bertz CT molecular complexity index is 2250. The van der Waals surface area contributed by atoms with Gasteiger partial charge in [-0.05, 0) is 29.7 Å². The molecule has 3 heterocycles. The van der Waals surface area contributed by atoms with Crippen molar-refractivity contribution in [2.24, 2.45) is 0 Å². The maximum Gasteiger partial charge on any atom is 0.264 e. The number of para-hydroxylation sites is 2. The minimum absolute atomic E-state index is 0.103. The summed E-state index contributed by atoms with van der Waals surface area (Å²) in [5.41, 5.74) is 4.03. The largest absolute Gasteiger partial charge is 0.268 e. The summed E-state index contributed by atoms with van der Waals surface area (Å²) < 4.78 is 3.79. The predicted molar refractivity (Wildman–Crippen MR) is 168 cm³/mol. The number of hydrogen-bond acceptors (Lipinski definition) is 4. The second-order valence-electron chi connectivity index (χ2n) is 10.1. The average Bonchev–Trinajstić information content (AvgIpc) is 3.41. The van der Waals surface area contributed by atoms with E-state index in [1.54, 1.807) is 4.57 Å². The fourth-order valence-electron chi connectivity index (χ4n) is 5.72. The van der Waals surface area contributed by atoms with E-state index in [1.165, 1.54) is 0 Å². The summed E-state index contributed by atoms with van der Waals surface area (Å²) >= 11 is 0. The van der Waals surface area contributed by atoms with Crippen molar-refractivity contribution < 1.29 is 0 Å². The molecular formula is C36H23N5O. The summed E-state index contributed by atoms with van der Waals surface area (Å²) in [7, 11) is 0. The third-order valence-electron chi connectivity index (χ3n) is 7.59. The van der Waals surface area contributed by atoms with Gasteiger partial charge in [0.05, 0.1) is 11.2 Å². The Morgan fingerprint density at radius 2 is 0.952 bits per heavy atom. The molecule has 8 aromatic rings. The lowest BCUT2D eigenvalue weighted by atomic mass is 10.1. The highest BCUT2D eigenvalue weighted by molar-refractivity contribution is 6.20. The number of benzene rings is 5. The standard InChI is InChI=1S/C36H23N5O/c42-35-28-21-11-10-20-27(28)31-29-22-12-13-23-30(29)41(34(31)40(35)26-18-8-3-9-19-26)36-38-32(24-14-4-1-5-15-24)37-33(39-36)25-16-6-2-7-17-25/h1-23H. The van der Waals surface area contributed by atoms with Crippen molar-refractivity contribution in [2.75, 3.05) is 0 Å². The summed E-state index contributed by atoms with van der Waals surface area (Å²) in [5.74, 6) is 1.55. The van der Waals surface area contributed by atoms with Gasteiger partial charge in [0.1, 0.15) is 5.65 Å². The zero-order chi connectivity index (χ0) is 28.0. The van der Waals surface area contributed by atoms with E-state index >= 15 is 0 Å². The Morgan fingerprint density at radius 1 is 0.452 bits per heavy atom. The van der Waals surface area contributed by atoms with E-state index in [0.29, 0.717) is 28.6 Å². The normalized spacial score (nSPS) is 11.4. The highest BCUT2D eigenvalue weighted by atomic mass is 16.1. The van der Waals surface area contributed by atoms with Crippen molar-refractivity contribution in [3.63, 3.8) is 0 Å². The van der Waals surface area contributed by atoms with E-state index in [4.69, 9.17) is 15.0 Å². The van der Waals surface area contributed by atoms with Crippen LogP contribution in [-0.4, -0.2) is 24.1 Å². The Kier molecular flexibility index (Phi) is 5.50. The van der Waals surface area contributed by atoms with Gasteiger partial charge in [-0.15, -0.1) is 0 Å². The maximum absolute atomic E-state index is 14.3. The van der Waals surface area contributed by atoms with Crippen LogP contribution in [0.5, 0.6) is 0 Å². The van der Waals surface area contributed by atoms with Crippen LogP contribution < -0.4 is 5.56 Å². The van der Waals surface area contributed by atoms with Gasteiger partial charge in [-0.3, -0.25) is 13.9 Å². The maximum atomic E-state index is 14.3. The molecule has 0 saturated carbocycles. The summed E-state index contributed by atoms with van der Waals surface area (Å²) in [6.07, 6.45) is 0. The third kappa shape index (κ3) is 3.73. The molecular weight excluding hydrogens is 518 g/mol. The SMILES string of the molecule is O=c1c2ccccc2c2c3ccccc3n(-c3nc(-c4ccccc4)nc(-c4ccccc4)n3)c2n1-c1ccccc1. The lowest BCUT2D eigenvalue weighted by Crippen LogP contribution is -2.21. The van der Waals surface area contributed by atoms with Crippen molar-refractivity contribution in [3.8, 4) is 34.4 Å². The summed E-state index contributed by atoms with van der Waals surface area (Å²) in [6.45, 7) is 0. The lowest BCUT2D eigenvalue weighted by Gasteiger charge is -2.15. The van der Waals surface area contributed by atoms with Crippen LogP contribution in [0.1, 0.15) is 0 Å². The molecule has 0 unspecified atom stereocenters. The highest BCUT2D eigenvalue weighted by Gasteiger charge is 2.23. The van der Waals surface area contributed by atoms with Crippen LogP contribution in [0, 0.1) is 0 Å². The summed E-state index contributed by atoms with van der Waals surface area (Å²) in [6, 6.07) is 45.5. The first-order chi connectivity index (χ1) is 20.8. The molecule has 0 amide bonds. The Morgan fingerprint density at radius 3 is 1.57 bits per heavy atom. The van der Waals surface area contributed by atoms with Gasteiger partial charge in [0.15, 0.2) is 11.6 Å². The van der Waals surface area contributed by atoms with E-state index < -0.39 is 0 Å². The number of nitrogens with zero attached hydrogens (tertiary/aromatic N) is 5. The minimum Gasteiger partial charge on any atom is -0.268 e. The third-order valence-corrected chi connectivity index (χ3v) is 7.59. The predicted octanol–water partition coefficient (Wildman–Crippen LogP) is 7.61. The van der Waals surface area contributed by atoms with E-state index in [9.17, 15) is 4.79 Å². The van der Waals surface area contributed by atoms with Crippen LogP contribution in [0.25, 0.3) is 67.1 Å². The zero-order valence-electron chi connectivity index (χ0n) is 22.4. The zero-order valence-corrected chi connectivity index (χ0v) is 22.4. The molecule has 3 aromatic heterocycles. The lowest BCUT2D eigenvalue weighted by molar-refractivity contribution is 0.916. The van der Waals surface area contributed by atoms with Crippen molar-refractivity contribution in [2.45, 2.75) is 0 Å². The van der Waals surface area contributed by atoms with E-state index in [2.05, 4.69) is 12.1 Å². The monoisotopic (exact) mass is 541 g/mol. The molecule has 0 saturated heterocycles. The van der Waals surface area contributed by atoms with Crippen LogP contribution in [0.2, 0.25) is 0 Å². The van der Waals surface area contributed by atoms with E-state index in [0.717, 1.165) is 38.5 Å². The van der Waals surface area contributed by atoms with Crippen LogP contribution in [-0.2, 0) is 0 Å². The number of pyridine rings is 1. The van der Waals surface area contributed by atoms with Gasteiger partial charge >= 0.3 is 0 Å². The smallest absolute Gasteiger partial charge is 0.264 e. The van der Waals surface area contributed by atoms with Crippen molar-refractivity contribution >= 4 is 32.7 Å². The number of hydrogen-bond donors (Lipinski definition) is 0. The topological polar surface area (TPSA) is 65.6 Å². The molecule has 0 aliphatic heterocycles. The first-order valence-corrected chi connectivity index (χ1v) is 13.8. The highest BCUT2D eigenvalue weighted by Crippen LogP contribution is 2.36. The number of rotatable bonds is 4. The molecule has 5 aromatic carbocycles. The average molecular weight is 542 g/mol. The van der Waals surface area contributed by atoms with Gasteiger partial charge in [0.2, 0.25) is 5.95 Å². The summed E-state index contributed by atoms with van der Waals surface area (Å²) in [5, 5.41) is 3.52. The Balaban J connectivity index is 1.58. The van der Waals surface area contributed by atoms with Gasteiger partial charge in [-0.1, -0.05) is 115 Å². The first-order valence-electron chi connectivity index (χ1n) is 13.8. The van der Waals surface area contributed by atoms with Crippen LogP contribution in [0.4, 0.5) is 0 Å². The molecule has 6 heteroatoms. The van der Waals surface area contributed by atoms with Gasteiger partial charge < -0.3 is 0 Å². The fourth-order valence-corrected chi connectivity index (χ4v) is 5.72. The molecule has 0 spiro atoms. The molecule has 0 bridgehead atoms. The quantitative estimate of drug-likeness (QED) is 0.230. The Labute approximate surface area is 240 Å². The molecule has 0 aliphatic carbocycles. The molecule has 8 rings (SSSR count). The fraction of sp³-hybridized carbons (Fsp3) is 0. The van der Waals surface area contributed by atoms with Gasteiger partial charge in [-0.25, -0.2) is 4.98 Å². The second kappa shape index (κ2) is 9.64. The van der Waals surface area contributed by atoms with Gasteiger partial charge in [-0.2, -0.15) is 9.97 Å². The van der Waals surface area contributed by atoms with Crippen LogP contribution >= 0.6 is 0 Å². The van der Waals surface area contributed by atoms with Crippen LogP contribution in [0.3, 0.4) is 0 Å². The van der Waals surface area contributed by atoms with Crippen molar-refractivity contribution in [3.05, 3.63) is 150 Å². The molecule has 42 heavy (non-hydrogen) atoms. The van der Waals surface area contributed by atoms with E-state index in [-0.39, 0.29) is 5.56 Å². The Hall–Kier alpha value is -5.88. The minimum atomic E-state index is -0.103. The number of aromatic nitrogens is 5. The molecule has 6 nitrogen and oxygen atoms in total. The van der Waals surface area contributed by atoms with Crippen molar-refractivity contribution in [1.29, 1.82) is 0 Å². The number of fused-ring (bicyclic) bond motifs is 5. The van der Waals surface area contributed by atoms with Gasteiger partial charge in [0.25, 0.3) is 5.56 Å². The van der Waals surface area contributed by atoms with Gasteiger partial charge in [0, 0.05) is 27.3 Å². The van der Waals surface area contributed by atoms with Crippen molar-refractivity contribution in [1.82, 2.24) is 24.1 Å². The molecule has 0 atom stereocenters. The second-order valence-corrected chi connectivity index (χ2v) is 10.1.